The molecular formula is C16H21Br2NO. The van der Waals surface area contributed by atoms with Crippen molar-refractivity contribution in [2.24, 2.45) is 0 Å². The molecule has 2 nitrogen and oxygen atoms in total. The van der Waals surface area contributed by atoms with Crippen LogP contribution < -0.4 is 4.74 Å². The molecule has 110 valence electrons. The average molecular weight is 403 g/mol. The number of hydrogen-bond donors (Lipinski definition) is 0. The number of nitrogens with zero attached hydrogens (tertiary/aromatic N) is 1. The van der Waals surface area contributed by atoms with E-state index in [1.165, 1.54) is 47.8 Å². The van der Waals surface area contributed by atoms with E-state index < -0.39 is 0 Å². The summed E-state index contributed by atoms with van der Waals surface area (Å²) in [5, 5.41) is 1.12. The number of rotatable bonds is 5. The highest BCUT2D eigenvalue weighted by Gasteiger charge is 2.26. The van der Waals surface area contributed by atoms with Crippen LogP contribution in [-0.2, 0) is 13.0 Å². The molecule has 2 aliphatic rings. The monoisotopic (exact) mass is 401 g/mol. The van der Waals surface area contributed by atoms with E-state index in [0.717, 1.165) is 36.7 Å². The lowest BCUT2D eigenvalue weighted by molar-refractivity contribution is 0.230. The van der Waals surface area contributed by atoms with Crippen molar-refractivity contribution >= 4 is 31.9 Å². The lowest BCUT2D eigenvalue weighted by atomic mass is 10.1. The molecule has 4 heteroatoms. The van der Waals surface area contributed by atoms with Crippen LogP contribution in [0, 0.1) is 0 Å². The zero-order valence-corrected chi connectivity index (χ0v) is 14.9. The summed E-state index contributed by atoms with van der Waals surface area (Å²) in [6.07, 6.45) is 6.32. The lowest BCUT2D eigenvalue weighted by Gasteiger charge is -2.25. The van der Waals surface area contributed by atoms with Gasteiger partial charge in [-0.3, -0.25) is 4.90 Å². The van der Waals surface area contributed by atoms with E-state index in [1.807, 2.05) is 0 Å². The van der Waals surface area contributed by atoms with E-state index in [4.69, 9.17) is 4.74 Å². The van der Waals surface area contributed by atoms with Gasteiger partial charge >= 0.3 is 0 Å². The van der Waals surface area contributed by atoms with Gasteiger partial charge in [0.1, 0.15) is 5.75 Å². The van der Waals surface area contributed by atoms with E-state index in [9.17, 15) is 0 Å². The van der Waals surface area contributed by atoms with Gasteiger partial charge in [0, 0.05) is 34.4 Å². The van der Waals surface area contributed by atoms with E-state index in [-0.39, 0.29) is 0 Å². The van der Waals surface area contributed by atoms with Crippen molar-refractivity contribution < 1.29 is 4.74 Å². The van der Waals surface area contributed by atoms with E-state index in [1.54, 1.807) is 0 Å². The molecule has 1 aromatic carbocycles. The van der Waals surface area contributed by atoms with Crippen LogP contribution in [0.1, 0.15) is 36.8 Å². The summed E-state index contributed by atoms with van der Waals surface area (Å²) in [7, 11) is 0. The SMILES string of the molecule is BrCCCC1CCCN1Cc1cc(Br)cc2c1OCC2. The first-order valence-corrected chi connectivity index (χ1v) is 9.43. The second-order valence-corrected chi connectivity index (χ2v) is 7.46. The highest BCUT2D eigenvalue weighted by Crippen LogP contribution is 2.35. The quantitative estimate of drug-likeness (QED) is 0.671. The van der Waals surface area contributed by atoms with Gasteiger partial charge in [-0.25, -0.2) is 0 Å². The fourth-order valence-electron chi connectivity index (χ4n) is 3.43. The Labute approximate surface area is 138 Å². The minimum atomic E-state index is 0.753. The molecule has 20 heavy (non-hydrogen) atoms. The Morgan fingerprint density at radius 1 is 1.35 bits per heavy atom. The average Bonchev–Trinajstić information content (AvgIpc) is 3.05. The van der Waals surface area contributed by atoms with Crippen molar-refractivity contribution in [3.8, 4) is 5.75 Å². The number of hydrogen-bond acceptors (Lipinski definition) is 2. The lowest BCUT2D eigenvalue weighted by Crippen LogP contribution is -2.29. The highest BCUT2D eigenvalue weighted by atomic mass is 79.9. The number of benzene rings is 1. The molecular weight excluding hydrogens is 382 g/mol. The van der Waals surface area contributed by atoms with E-state index in [2.05, 4.69) is 48.9 Å². The van der Waals surface area contributed by atoms with E-state index in [0.29, 0.717) is 0 Å². The van der Waals surface area contributed by atoms with Gasteiger partial charge in [-0.1, -0.05) is 31.9 Å². The maximum absolute atomic E-state index is 5.86. The molecule has 0 aliphatic carbocycles. The Bertz CT molecular complexity index is 478. The molecule has 0 saturated carbocycles. The Morgan fingerprint density at radius 3 is 3.10 bits per heavy atom. The molecule has 1 fully saturated rings. The summed E-state index contributed by atoms with van der Waals surface area (Å²) < 4.78 is 7.04. The fraction of sp³-hybridized carbons (Fsp3) is 0.625. The molecule has 0 radical (unpaired) electrons. The first-order chi connectivity index (χ1) is 9.78. The van der Waals surface area contributed by atoms with Gasteiger partial charge in [0.25, 0.3) is 0 Å². The third kappa shape index (κ3) is 3.23. The van der Waals surface area contributed by atoms with Gasteiger partial charge in [-0.05, 0) is 49.9 Å². The molecule has 0 bridgehead atoms. The van der Waals surface area contributed by atoms with Crippen molar-refractivity contribution in [2.75, 3.05) is 18.5 Å². The molecule has 2 heterocycles. The van der Waals surface area contributed by atoms with Gasteiger partial charge in [0.15, 0.2) is 0 Å². The van der Waals surface area contributed by atoms with Gasteiger partial charge in [0.05, 0.1) is 6.61 Å². The summed E-state index contributed by atoms with van der Waals surface area (Å²) >= 11 is 7.19. The van der Waals surface area contributed by atoms with Gasteiger partial charge in [0.2, 0.25) is 0 Å². The van der Waals surface area contributed by atoms with Crippen LogP contribution in [0.4, 0.5) is 0 Å². The number of likely N-dealkylation sites (tertiary alicyclic amines) is 1. The Balaban J connectivity index is 1.74. The van der Waals surface area contributed by atoms with Crippen molar-refractivity contribution in [1.82, 2.24) is 4.90 Å². The first-order valence-electron chi connectivity index (χ1n) is 7.52. The largest absolute Gasteiger partial charge is 0.493 e. The Morgan fingerprint density at radius 2 is 2.25 bits per heavy atom. The number of ether oxygens (including phenoxy) is 1. The van der Waals surface area contributed by atoms with Gasteiger partial charge in [-0.2, -0.15) is 0 Å². The highest BCUT2D eigenvalue weighted by molar-refractivity contribution is 9.10. The Kier molecular flexibility index (Phi) is 5.05. The van der Waals surface area contributed by atoms with Gasteiger partial charge < -0.3 is 4.74 Å². The molecule has 0 spiro atoms. The van der Waals surface area contributed by atoms with Crippen molar-refractivity contribution in [3.05, 3.63) is 27.7 Å². The third-order valence-corrected chi connectivity index (χ3v) is 5.39. The fourth-order valence-corrected chi connectivity index (χ4v) is 4.30. The zero-order valence-electron chi connectivity index (χ0n) is 11.7. The number of halogens is 2. The van der Waals surface area contributed by atoms with Crippen molar-refractivity contribution in [3.63, 3.8) is 0 Å². The first kappa shape index (κ1) is 14.9. The third-order valence-electron chi connectivity index (χ3n) is 4.37. The standard InChI is InChI=1S/C16H21Br2NO/c17-6-1-3-15-4-2-7-19(15)11-13-10-14(18)9-12-5-8-20-16(12)13/h9-10,15H,1-8,11H2. The minimum Gasteiger partial charge on any atom is -0.493 e. The molecule has 0 amide bonds. The number of alkyl halides is 1. The molecule has 1 aromatic rings. The van der Waals surface area contributed by atoms with E-state index >= 15 is 0 Å². The topological polar surface area (TPSA) is 12.5 Å². The van der Waals surface area contributed by atoms with Crippen molar-refractivity contribution in [1.29, 1.82) is 0 Å². The maximum Gasteiger partial charge on any atom is 0.127 e. The summed E-state index contributed by atoms with van der Waals surface area (Å²) in [5.74, 6) is 1.15. The smallest absolute Gasteiger partial charge is 0.127 e. The second kappa shape index (κ2) is 6.80. The second-order valence-electron chi connectivity index (χ2n) is 5.75. The van der Waals surface area contributed by atoms with Crippen LogP contribution in [0.2, 0.25) is 0 Å². The van der Waals surface area contributed by atoms with Crippen LogP contribution in [0.15, 0.2) is 16.6 Å². The maximum atomic E-state index is 5.86. The van der Waals surface area contributed by atoms with Crippen LogP contribution >= 0.6 is 31.9 Å². The van der Waals surface area contributed by atoms with Gasteiger partial charge in [-0.15, -0.1) is 0 Å². The van der Waals surface area contributed by atoms with Crippen LogP contribution in [-0.4, -0.2) is 29.4 Å². The normalized spacial score (nSPS) is 22.0. The predicted molar refractivity (Wildman–Crippen MR) is 89.8 cm³/mol. The molecule has 0 aromatic heterocycles. The molecule has 2 aliphatic heterocycles. The molecule has 1 saturated heterocycles. The molecule has 0 N–H and O–H groups in total. The summed E-state index contributed by atoms with van der Waals surface area (Å²) in [6, 6.07) is 5.20. The minimum absolute atomic E-state index is 0.753. The predicted octanol–water partition coefficient (Wildman–Crippen LogP) is 4.52. The molecule has 1 unspecified atom stereocenters. The van der Waals surface area contributed by atoms with Crippen LogP contribution in [0.3, 0.4) is 0 Å². The van der Waals surface area contributed by atoms with Crippen molar-refractivity contribution in [2.45, 2.75) is 44.7 Å². The molecule has 1 atom stereocenters. The van der Waals surface area contributed by atoms with Crippen LogP contribution in [0.25, 0.3) is 0 Å². The summed E-state index contributed by atoms with van der Waals surface area (Å²) in [5.41, 5.74) is 2.73. The summed E-state index contributed by atoms with van der Waals surface area (Å²) in [4.78, 5) is 2.65. The summed E-state index contributed by atoms with van der Waals surface area (Å²) in [6.45, 7) is 3.11. The van der Waals surface area contributed by atoms with Crippen LogP contribution in [0.5, 0.6) is 5.75 Å². The number of fused-ring (bicyclic) bond motifs is 1. The molecule has 3 rings (SSSR count). The Hall–Kier alpha value is -0.0600. The zero-order chi connectivity index (χ0) is 13.9.